The van der Waals surface area contributed by atoms with Gasteiger partial charge in [-0.1, -0.05) is 6.42 Å². The maximum Gasteiger partial charge on any atom is 0.358 e. The van der Waals surface area contributed by atoms with E-state index in [1.165, 1.54) is 7.11 Å². The third-order valence-electron chi connectivity index (χ3n) is 5.00. The molecule has 0 saturated heterocycles. The van der Waals surface area contributed by atoms with Gasteiger partial charge in [0.2, 0.25) is 5.91 Å². The lowest BCUT2D eigenvalue weighted by molar-refractivity contribution is -0.133. The number of carbonyl (C=O) groups is 2. The molecule has 0 aromatic carbocycles. The predicted molar refractivity (Wildman–Crippen MR) is 88.0 cm³/mol. The first-order valence-electron chi connectivity index (χ1n) is 8.87. The van der Waals surface area contributed by atoms with Crippen molar-refractivity contribution >= 4 is 11.9 Å². The first-order valence-corrected chi connectivity index (χ1v) is 8.87. The first kappa shape index (κ1) is 16.7. The van der Waals surface area contributed by atoms with Gasteiger partial charge in [-0.2, -0.15) is 5.10 Å². The van der Waals surface area contributed by atoms with Crippen molar-refractivity contribution in [3.63, 3.8) is 0 Å². The van der Waals surface area contributed by atoms with Crippen LogP contribution in [0.15, 0.2) is 6.07 Å². The van der Waals surface area contributed by atoms with Gasteiger partial charge >= 0.3 is 5.97 Å². The molecule has 1 atom stereocenters. The Morgan fingerprint density at radius 2 is 2.00 bits per heavy atom. The molecule has 138 valence electrons. The molecule has 0 radical (unpaired) electrons. The number of tetrazole rings is 1. The molecule has 2 aliphatic heterocycles. The third-order valence-corrected chi connectivity index (χ3v) is 5.00. The van der Waals surface area contributed by atoms with Gasteiger partial charge in [0, 0.05) is 19.6 Å². The second kappa shape index (κ2) is 6.85. The Bertz CT molecular complexity index is 828. The van der Waals surface area contributed by atoms with Gasteiger partial charge in [0.1, 0.15) is 0 Å². The van der Waals surface area contributed by atoms with E-state index < -0.39 is 5.97 Å². The van der Waals surface area contributed by atoms with E-state index in [1.54, 1.807) is 15.4 Å². The normalized spacial score (nSPS) is 19.9. The number of methoxy groups -OCH3 is 1. The van der Waals surface area contributed by atoms with Crippen molar-refractivity contribution in [2.75, 3.05) is 13.7 Å². The van der Waals surface area contributed by atoms with Crippen LogP contribution < -0.4 is 0 Å². The summed E-state index contributed by atoms with van der Waals surface area (Å²) >= 11 is 0. The summed E-state index contributed by atoms with van der Waals surface area (Å²) in [5.41, 5.74) is 1.11. The van der Waals surface area contributed by atoms with E-state index in [0.717, 1.165) is 37.9 Å². The van der Waals surface area contributed by atoms with Gasteiger partial charge in [-0.15, -0.1) is 5.10 Å². The average Bonchev–Trinajstić information content (AvgIpc) is 3.16. The molecule has 4 rings (SSSR count). The number of esters is 1. The van der Waals surface area contributed by atoms with Gasteiger partial charge in [-0.25, -0.2) is 9.48 Å². The minimum atomic E-state index is -0.466. The lowest BCUT2D eigenvalue weighted by Crippen LogP contribution is -2.35. The number of aryl methyl sites for hydroxylation is 2. The number of amides is 1. The Hall–Kier alpha value is -2.78. The van der Waals surface area contributed by atoms with Crippen molar-refractivity contribution in [1.82, 2.24) is 34.9 Å². The van der Waals surface area contributed by atoms with Crippen LogP contribution in [0.5, 0.6) is 0 Å². The molecule has 10 heteroatoms. The van der Waals surface area contributed by atoms with Crippen LogP contribution >= 0.6 is 0 Å². The molecule has 1 amide bonds. The minimum absolute atomic E-state index is 0.0391. The largest absolute Gasteiger partial charge is 0.464 e. The minimum Gasteiger partial charge on any atom is -0.464 e. The van der Waals surface area contributed by atoms with Crippen LogP contribution in [0.1, 0.15) is 53.6 Å². The molecule has 0 saturated carbocycles. The quantitative estimate of drug-likeness (QED) is 0.712. The highest BCUT2D eigenvalue weighted by Gasteiger charge is 2.33. The highest BCUT2D eigenvalue weighted by molar-refractivity contribution is 5.87. The van der Waals surface area contributed by atoms with Gasteiger partial charge in [-0.05, 0) is 35.8 Å². The zero-order valence-electron chi connectivity index (χ0n) is 14.7. The van der Waals surface area contributed by atoms with Crippen LogP contribution in [0, 0.1) is 0 Å². The molecule has 2 aromatic heterocycles. The monoisotopic (exact) mass is 359 g/mol. The molecule has 0 aliphatic carbocycles. The Morgan fingerprint density at radius 1 is 1.15 bits per heavy atom. The predicted octanol–water partition coefficient (Wildman–Crippen LogP) is 0.356. The summed E-state index contributed by atoms with van der Waals surface area (Å²) in [6.07, 6.45) is 3.46. The molecule has 0 N–H and O–H groups in total. The molecule has 10 nitrogen and oxygen atoms in total. The fraction of sp³-hybridized carbons (Fsp3) is 0.625. The fourth-order valence-electron chi connectivity index (χ4n) is 3.67. The summed E-state index contributed by atoms with van der Waals surface area (Å²) in [6, 6.07) is 1.70. The number of nitrogens with zero attached hydrogens (tertiary/aromatic N) is 7. The van der Waals surface area contributed by atoms with Crippen molar-refractivity contribution in [3.05, 3.63) is 23.3 Å². The lowest BCUT2D eigenvalue weighted by Gasteiger charge is -2.24. The molecule has 4 heterocycles. The highest BCUT2D eigenvalue weighted by atomic mass is 16.5. The first-order chi connectivity index (χ1) is 12.7. The zero-order chi connectivity index (χ0) is 18.1. The number of aromatic nitrogens is 6. The van der Waals surface area contributed by atoms with Crippen LogP contribution in [0.3, 0.4) is 0 Å². The zero-order valence-corrected chi connectivity index (χ0v) is 14.7. The van der Waals surface area contributed by atoms with E-state index in [-0.39, 0.29) is 17.5 Å². The fourth-order valence-corrected chi connectivity index (χ4v) is 3.67. The summed E-state index contributed by atoms with van der Waals surface area (Å²) in [5.74, 6) is -0.0915. The third kappa shape index (κ3) is 2.95. The van der Waals surface area contributed by atoms with E-state index >= 15 is 0 Å². The summed E-state index contributed by atoms with van der Waals surface area (Å²) in [5, 5.41) is 16.1. The van der Waals surface area contributed by atoms with Gasteiger partial charge in [-0.3, -0.25) is 9.48 Å². The summed E-state index contributed by atoms with van der Waals surface area (Å²) in [4.78, 5) is 26.8. The number of fused-ring (bicyclic) bond motifs is 2. The average molecular weight is 359 g/mol. The number of carbonyl (C=O) groups excluding carboxylic acids is 2. The topological polar surface area (TPSA) is 108 Å². The van der Waals surface area contributed by atoms with Crippen LogP contribution in [0.25, 0.3) is 0 Å². The van der Waals surface area contributed by atoms with Crippen molar-refractivity contribution in [1.29, 1.82) is 0 Å². The van der Waals surface area contributed by atoms with Crippen LogP contribution in [0.2, 0.25) is 0 Å². The van der Waals surface area contributed by atoms with Gasteiger partial charge < -0.3 is 9.64 Å². The van der Waals surface area contributed by atoms with Crippen molar-refractivity contribution < 1.29 is 14.3 Å². The maximum atomic E-state index is 13.2. The number of hydrogen-bond donors (Lipinski definition) is 0. The van der Waals surface area contributed by atoms with Crippen molar-refractivity contribution in [2.45, 2.75) is 51.2 Å². The van der Waals surface area contributed by atoms with E-state index in [4.69, 9.17) is 4.74 Å². The summed E-state index contributed by atoms with van der Waals surface area (Å²) in [7, 11) is 1.33. The summed E-state index contributed by atoms with van der Waals surface area (Å²) < 4.78 is 8.27. The van der Waals surface area contributed by atoms with Gasteiger partial charge in [0.05, 0.1) is 25.3 Å². The molecule has 2 aliphatic rings. The maximum absolute atomic E-state index is 13.2. The van der Waals surface area contributed by atoms with E-state index in [9.17, 15) is 9.59 Å². The standard InChI is InChI=1S/C16H21N7O3/c1-26-16(25)13-9-11-10-21(6-4-8-22(11)18-13)15(24)12-5-2-3-7-23-14(12)17-19-20-23/h9,12H,2-8,10H2,1H3. The second-order valence-electron chi connectivity index (χ2n) is 6.66. The molecule has 0 fully saturated rings. The smallest absolute Gasteiger partial charge is 0.358 e. The van der Waals surface area contributed by atoms with E-state index in [1.807, 2.05) is 4.90 Å². The molecule has 1 unspecified atom stereocenters. The summed E-state index contributed by atoms with van der Waals surface area (Å²) in [6.45, 7) is 2.48. The molecule has 0 spiro atoms. The second-order valence-corrected chi connectivity index (χ2v) is 6.66. The van der Waals surface area contributed by atoms with Gasteiger partial charge in [0.25, 0.3) is 0 Å². The number of rotatable bonds is 2. The van der Waals surface area contributed by atoms with Crippen molar-refractivity contribution in [3.8, 4) is 0 Å². The van der Waals surface area contributed by atoms with Crippen LogP contribution in [-0.4, -0.2) is 60.4 Å². The van der Waals surface area contributed by atoms with Crippen molar-refractivity contribution in [2.24, 2.45) is 0 Å². The Morgan fingerprint density at radius 3 is 2.85 bits per heavy atom. The molecule has 0 bridgehead atoms. The Kier molecular flexibility index (Phi) is 4.39. The van der Waals surface area contributed by atoms with Gasteiger partial charge in [0.15, 0.2) is 11.5 Å². The Labute approximate surface area is 150 Å². The molecule has 2 aromatic rings. The number of ether oxygens (including phenoxy) is 1. The lowest BCUT2D eigenvalue weighted by atomic mass is 10.0. The molecule has 26 heavy (non-hydrogen) atoms. The van der Waals surface area contributed by atoms with E-state index in [0.29, 0.717) is 25.5 Å². The highest BCUT2D eigenvalue weighted by Crippen LogP contribution is 2.27. The number of hydrogen-bond acceptors (Lipinski definition) is 7. The SMILES string of the molecule is COC(=O)c1cc2n(n1)CCCN(C(=O)C1CCCCn3nnnc31)C2. The van der Waals surface area contributed by atoms with E-state index in [2.05, 4.69) is 20.6 Å². The molecular formula is C16H21N7O3. The van der Waals surface area contributed by atoms with Crippen LogP contribution in [-0.2, 0) is 29.2 Å². The Balaban J connectivity index is 1.57. The molecular weight excluding hydrogens is 338 g/mol. The van der Waals surface area contributed by atoms with Crippen LogP contribution in [0.4, 0.5) is 0 Å².